The van der Waals surface area contributed by atoms with Crippen LogP contribution < -0.4 is 5.32 Å². The topological polar surface area (TPSA) is 18.5 Å². The predicted octanol–water partition coefficient (Wildman–Crippen LogP) is 3.51. The quantitative estimate of drug-likeness (QED) is 0.790. The molecule has 1 fully saturated rings. The second kappa shape index (κ2) is 9.02. The van der Waals surface area contributed by atoms with Crippen LogP contribution in [-0.2, 0) is 0 Å². The molecule has 126 valence electrons. The molecule has 0 aliphatic carbocycles. The summed E-state index contributed by atoms with van der Waals surface area (Å²) in [4.78, 5) is 6.97. The summed E-state index contributed by atoms with van der Waals surface area (Å²) in [6, 6.07) is 3.45. The molecule has 2 unspecified atom stereocenters. The van der Waals surface area contributed by atoms with Crippen molar-refractivity contribution in [1.82, 2.24) is 15.1 Å². The van der Waals surface area contributed by atoms with E-state index >= 15 is 0 Å². The Morgan fingerprint density at radius 2 is 2.09 bits per heavy atom. The standard InChI is InChI=1S/C18H33N3S/c1-5-9-20(10-6-2)14-17(18-15(3)7-12-22-18)21-11-8-19-13-16(21)4/h7,12,16-17,19H,5-6,8-11,13-14H2,1-4H3. The third kappa shape index (κ3) is 4.54. The lowest BCUT2D eigenvalue weighted by Gasteiger charge is -2.42. The Kier molecular flexibility index (Phi) is 7.35. The maximum absolute atomic E-state index is 3.53. The van der Waals surface area contributed by atoms with Gasteiger partial charge in [0.1, 0.15) is 0 Å². The van der Waals surface area contributed by atoms with Gasteiger partial charge in [-0.25, -0.2) is 0 Å². The van der Waals surface area contributed by atoms with Crippen molar-refractivity contribution in [3.8, 4) is 0 Å². The second-order valence-electron chi connectivity index (χ2n) is 6.58. The molecule has 1 aliphatic rings. The van der Waals surface area contributed by atoms with Crippen molar-refractivity contribution >= 4 is 11.3 Å². The number of hydrogen-bond donors (Lipinski definition) is 1. The van der Waals surface area contributed by atoms with E-state index in [2.05, 4.69) is 54.3 Å². The molecule has 1 aromatic heterocycles. The Labute approximate surface area is 140 Å². The molecule has 1 saturated heterocycles. The average molecular weight is 324 g/mol. The van der Waals surface area contributed by atoms with Crippen LogP contribution in [0.2, 0.25) is 0 Å². The van der Waals surface area contributed by atoms with E-state index in [1.54, 1.807) is 4.88 Å². The van der Waals surface area contributed by atoms with Gasteiger partial charge in [-0.15, -0.1) is 11.3 Å². The van der Waals surface area contributed by atoms with Gasteiger partial charge in [0.15, 0.2) is 0 Å². The van der Waals surface area contributed by atoms with E-state index in [1.807, 2.05) is 11.3 Å². The van der Waals surface area contributed by atoms with Crippen LogP contribution in [0, 0.1) is 6.92 Å². The molecule has 4 heteroatoms. The molecule has 3 nitrogen and oxygen atoms in total. The van der Waals surface area contributed by atoms with Crippen LogP contribution in [0.5, 0.6) is 0 Å². The highest BCUT2D eigenvalue weighted by atomic mass is 32.1. The molecule has 0 aromatic carbocycles. The first kappa shape index (κ1) is 17.9. The Balaban J connectivity index is 2.19. The fraction of sp³-hybridized carbons (Fsp3) is 0.778. The van der Waals surface area contributed by atoms with Gasteiger partial charge in [-0.2, -0.15) is 0 Å². The van der Waals surface area contributed by atoms with E-state index in [1.165, 1.54) is 38.0 Å². The molecule has 0 bridgehead atoms. The van der Waals surface area contributed by atoms with Crippen LogP contribution in [0.15, 0.2) is 11.4 Å². The zero-order chi connectivity index (χ0) is 15.9. The second-order valence-corrected chi connectivity index (χ2v) is 7.52. The molecule has 1 aliphatic heterocycles. The summed E-state index contributed by atoms with van der Waals surface area (Å²) < 4.78 is 0. The Hall–Kier alpha value is -0.420. The highest BCUT2D eigenvalue weighted by Gasteiger charge is 2.30. The minimum Gasteiger partial charge on any atom is -0.314 e. The average Bonchev–Trinajstić information content (AvgIpc) is 2.92. The first-order valence-electron chi connectivity index (χ1n) is 8.90. The van der Waals surface area contributed by atoms with Crippen molar-refractivity contribution in [2.45, 2.75) is 52.6 Å². The highest BCUT2D eigenvalue weighted by Crippen LogP contribution is 2.31. The normalized spacial score (nSPS) is 21.4. The molecule has 1 aromatic rings. The number of aryl methyl sites for hydroxylation is 1. The summed E-state index contributed by atoms with van der Waals surface area (Å²) in [6.07, 6.45) is 2.49. The summed E-state index contributed by atoms with van der Waals surface area (Å²) in [7, 11) is 0. The summed E-state index contributed by atoms with van der Waals surface area (Å²) >= 11 is 1.94. The van der Waals surface area contributed by atoms with Gasteiger partial charge in [0.25, 0.3) is 0 Å². The fourth-order valence-electron chi connectivity index (χ4n) is 3.56. The Morgan fingerprint density at radius 3 is 2.64 bits per heavy atom. The van der Waals surface area contributed by atoms with E-state index < -0.39 is 0 Å². The first-order valence-corrected chi connectivity index (χ1v) is 9.78. The molecule has 1 N–H and O–H groups in total. The van der Waals surface area contributed by atoms with Gasteiger partial charge in [0.2, 0.25) is 0 Å². The number of hydrogen-bond acceptors (Lipinski definition) is 4. The number of nitrogens with one attached hydrogen (secondary N) is 1. The van der Waals surface area contributed by atoms with Gasteiger partial charge in [0.05, 0.1) is 6.04 Å². The monoisotopic (exact) mass is 323 g/mol. The SMILES string of the molecule is CCCN(CCC)CC(c1sccc1C)N1CCNCC1C. The van der Waals surface area contributed by atoms with Crippen molar-refractivity contribution in [2.24, 2.45) is 0 Å². The van der Waals surface area contributed by atoms with E-state index in [9.17, 15) is 0 Å². The Morgan fingerprint density at radius 1 is 1.36 bits per heavy atom. The summed E-state index contributed by atoms with van der Waals surface area (Å²) in [6.45, 7) is 16.2. The largest absolute Gasteiger partial charge is 0.314 e. The molecule has 22 heavy (non-hydrogen) atoms. The predicted molar refractivity (Wildman–Crippen MR) is 97.9 cm³/mol. The van der Waals surface area contributed by atoms with Gasteiger partial charge < -0.3 is 10.2 Å². The van der Waals surface area contributed by atoms with Crippen LogP contribution >= 0.6 is 11.3 Å². The van der Waals surface area contributed by atoms with Crippen molar-refractivity contribution in [2.75, 3.05) is 39.3 Å². The maximum atomic E-state index is 3.53. The number of rotatable bonds is 8. The summed E-state index contributed by atoms with van der Waals surface area (Å²) in [5, 5.41) is 5.79. The Bertz CT molecular complexity index is 426. The molecule has 0 saturated carbocycles. The van der Waals surface area contributed by atoms with E-state index in [4.69, 9.17) is 0 Å². The molecule has 0 radical (unpaired) electrons. The third-order valence-electron chi connectivity index (χ3n) is 4.67. The molecule has 2 atom stereocenters. The summed E-state index contributed by atoms with van der Waals surface area (Å²) in [5.74, 6) is 0. The lowest BCUT2D eigenvalue weighted by atomic mass is 10.1. The van der Waals surface area contributed by atoms with Crippen molar-refractivity contribution in [1.29, 1.82) is 0 Å². The highest BCUT2D eigenvalue weighted by molar-refractivity contribution is 7.10. The van der Waals surface area contributed by atoms with Crippen molar-refractivity contribution < 1.29 is 0 Å². The van der Waals surface area contributed by atoms with E-state index in [0.717, 1.165) is 19.6 Å². The summed E-state index contributed by atoms with van der Waals surface area (Å²) in [5.41, 5.74) is 1.47. The zero-order valence-corrected chi connectivity index (χ0v) is 15.6. The zero-order valence-electron chi connectivity index (χ0n) is 14.8. The maximum Gasteiger partial charge on any atom is 0.0575 e. The van der Waals surface area contributed by atoms with Crippen LogP contribution in [-0.4, -0.2) is 55.1 Å². The third-order valence-corrected chi connectivity index (χ3v) is 5.79. The van der Waals surface area contributed by atoms with Gasteiger partial charge in [-0.05, 0) is 56.8 Å². The van der Waals surface area contributed by atoms with Crippen LogP contribution in [0.1, 0.15) is 50.1 Å². The van der Waals surface area contributed by atoms with Crippen LogP contribution in [0.25, 0.3) is 0 Å². The van der Waals surface area contributed by atoms with Gasteiger partial charge >= 0.3 is 0 Å². The van der Waals surface area contributed by atoms with Crippen LogP contribution in [0.4, 0.5) is 0 Å². The fourth-order valence-corrected chi connectivity index (χ4v) is 4.60. The first-order chi connectivity index (χ1) is 10.7. The minimum atomic E-state index is 0.551. The minimum absolute atomic E-state index is 0.551. The molecule has 0 amide bonds. The molecule has 2 rings (SSSR count). The molecular formula is C18H33N3S. The van der Waals surface area contributed by atoms with Gasteiger partial charge in [-0.3, -0.25) is 4.90 Å². The number of piperazine rings is 1. The number of nitrogens with zero attached hydrogens (tertiary/aromatic N) is 2. The van der Waals surface area contributed by atoms with Crippen LogP contribution in [0.3, 0.4) is 0 Å². The van der Waals surface area contributed by atoms with Gasteiger partial charge in [0, 0.05) is 37.1 Å². The van der Waals surface area contributed by atoms with E-state index in [-0.39, 0.29) is 0 Å². The van der Waals surface area contributed by atoms with E-state index in [0.29, 0.717) is 12.1 Å². The van der Waals surface area contributed by atoms with Crippen molar-refractivity contribution in [3.05, 3.63) is 21.9 Å². The van der Waals surface area contributed by atoms with Gasteiger partial charge in [-0.1, -0.05) is 13.8 Å². The van der Waals surface area contributed by atoms with Crippen molar-refractivity contribution in [3.63, 3.8) is 0 Å². The molecule has 2 heterocycles. The lowest BCUT2D eigenvalue weighted by Crippen LogP contribution is -2.53. The smallest absolute Gasteiger partial charge is 0.0575 e. The lowest BCUT2D eigenvalue weighted by molar-refractivity contribution is 0.0856. The number of thiophene rings is 1. The molecular weight excluding hydrogens is 290 g/mol. The molecule has 0 spiro atoms.